The summed E-state index contributed by atoms with van der Waals surface area (Å²) in [6.45, 7) is 0.623. The first kappa shape index (κ1) is 15.8. The Labute approximate surface area is 130 Å². The summed E-state index contributed by atoms with van der Waals surface area (Å²) in [7, 11) is 0. The van der Waals surface area contributed by atoms with Crippen molar-refractivity contribution in [1.82, 2.24) is 5.32 Å². The van der Waals surface area contributed by atoms with E-state index in [0.717, 1.165) is 31.4 Å². The first-order valence-corrected chi connectivity index (χ1v) is 7.82. The summed E-state index contributed by atoms with van der Waals surface area (Å²) in [4.78, 5) is 11.1. The van der Waals surface area contributed by atoms with E-state index >= 15 is 0 Å². The van der Waals surface area contributed by atoms with Gasteiger partial charge in [0.05, 0.1) is 6.42 Å². The Morgan fingerprint density at radius 1 is 1.19 bits per heavy atom. The molecule has 3 N–H and O–H groups in total. The predicted octanol–water partition coefficient (Wildman–Crippen LogP) is 3.40. The largest absolute Gasteiger partial charge is 0.481 e. The molecule has 0 aliphatic heterocycles. The van der Waals surface area contributed by atoms with E-state index in [0.29, 0.717) is 11.7 Å². The van der Waals surface area contributed by atoms with Crippen LogP contribution in [0.5, 0.6) is 0 Å². The second-order valence-corrected chi connectivity index (χ2v) is 6.21. The smallest absolute Gasteiger partial charge is 0.303 e. The van der Waals surface area contributed by atoms with Crippen molar-refractivity contribution in [2.75, 3.05) is 11.9 Å². The van der Waals surface area contributed by atoms with Gasteiger partial charge in [-0.1, -0.05) is 37.5 Å². The monoisotopic (exact) mass is 306 g/mol. The Balaban J connectivity index is 1.89. The number of benzene rings is 1. The van der Waals surface area contributed by atoms with Gasteiger partial charge in [0, 0.05) is 12.2 Å². The van der Waals surface area contributed by atoms with Gasteiger partial charge in [0.1, 0.15) is 0 Å². The highest BCUT2D eigenvalue weighted by Crippen LogP contribution is 2.38. The van der Waals surface area contributed by atoms with Gasteiger partial charge in [-0.3, -0.25) is 4.79 Å². The minimum Gasteiger partial charge on any atom is -0.481 e. The van der Waals surface area contributed by atoms with Gasteiger partial charge in [0.15, 0.2) is 5.11 Å². The van der Waals surface area contributed by atoms with Crippen molar-refractivity contribution in [1.29, 1.82) is 0 Å². The van der Waals surface area contributed by atoms with Crippen LogP contribution in [0.3, 0.4) is 0 Å². The van der Waals surface area contributed by atoms with Crippen LogP contribution in [0.25, 0.3) is 0 Å². The molecule has 114 valence electrons. The maximum Gasteiger partial charge on any atom is 0.303 e. The van der Waals surface area contributed by atoms with Crippen LogP contribution < -0.4 is 10.6 Å². The lowest BCUT2D eigenvalue weighted by Crippen LogP contribution is -2.41. The summed E-state index contributed by atoms with van der Waals surface area (Å²) in [6, 6.07) is 9.73. The van der Waals surface area contributed by atoms with Crippen LogP contribution in [0.15, 0.2) is 30.3 Å². The molecule has 1 aromatic carbocycles. The molecule has 0 saturated heterocycles. The van der Waals surface area contributed by atoms with Gasteiger partial charge < -0.3 is 15.7 Å². The number of aliphatic carboxylic acids is 1. The number of carboxylic acid groups (broad SMARTS) is 1. The molecule has 1 fully saturated rings. The number of carbonyl (C=O) groups is 1. The lowest BCUT2D eigenvalue weighted by atomic mass is 9.72. The predicted molar refractivity (Wildman–Crippen MR) is 88.4 cm³/mol. The second-order valence-electron chi connectivity index (χ2n) is 5.80. The zero-order valence-electron chi connectivity index (χ0n) is 12.1. The molecule has 1 aliphatic carbocycles. The third kappa shape index (κ3) is 5.01. The van der Waals surface area contributed by atoms with E-state index < -0.39 is 5.97 Å². The highest BCUT2D eigenvalue weighted by atomic mass is 32.1. The van der Waals surface area contributed by atoms with Gasteiger partial charge >= 0.3 is 5.97 Å². The molecule has 0 atom stereocenters. The molecule has 0 spiro atoms. The molecule has 1 saturated carbocycles. The van der Waals surface area contributed by atoms with Crippen molar-refractivity contribution in [2.45, 2.75) is 38.5 Å². The number of hydrogen-bond acceptors (Lipinski definition) is 2. The Kier molecular flexibility index (Phi) is 5.56. The number of rotatable bonds is 5. The van der Waals surface area contributed by atoms with Crippen molar-refractivity contribution < 1.29 is 9.90 Å². The Morgan fingerprint density at radius 2 is 1.86 bits per heavy atom. The number of nitrogens with one attached hydrogen (secondary N) is 2. The standard InChI is InChI=1S/C16H22N2O2S/c19-14(20)11-16(9-5-2-6-10-16)12-17-15(21)18-13-7-3-1-4-8-13/h1,3-4,7-8H,2,5-6,9-12H2,(H,19,20)(H2,17,18,21). The van der Waals surface area contributed by atoms with E-state index in [1.54, 1.807) is 0 Å². The van der Waals surface area contributed by atoms with Gasteiger partial charge in [-0.25, -0.2) is 0 Å². The maximum atomic E-state index is 11.1. The lowest BCUT2D eigenvalue weighted by Gasteiger charge is -2.36. The van der Waals surface area contributed by atoms with E-state index in [-0.39, 0.29) is 11.8 Å². The number of thiocarbonyl (C=S) groups is 1. The van der Waals surface area contributed by atoms with Crippen LogP contribution in [0.1, 0.15) is 38.5 Å². The molecule has 0 radical (unpaired) electrons. The molecule has 0 heterocycles. The molecule has 0 amide bonds. The Bertz CT molecular complexity index is 484. The fraction of sp³-hybridized carbons (Fsp3) is 0.500. The van der Waals surface area contributed by atoms with Gasteiger partial charge in [-0.2, -0.15) is 0 Å². The van der Waals surface area contributed by atoms with E-state index in [9.17, 15) is 4.79 Å². The maximum absolute atomic E-state index is 11.1. The summed E-state index contributed by atoms with van der Waals surface area (Å²) in [5, 5.41) is 16.0. The van der Waals surface area contributed by atoms with Crippen molar-refractivity contribution in [2.24, 2.45) is 5.41 Å². The van der Waals surface area contributed by atoms with Crippen molar-refractivity contribution in [3.63, 3.8) is 0 Å². The summed E-state index contributed by atoms with van der Waals surface area (Å²) < 4.78 is 0. The lowest BCUT2D eigenvalue weighted by molar-refractivity contribution is -0.140. The Hall–Kier alpha value is -1.62. The highest BCUT2D eigenvalue weighted by molar-refractivity contribution is 7.80. The van der Waals surface area contributed by atoms with Crippen LogP contribution in [0, 0.1) is 5.41 Å². The van der Waals surface area contributed by atoms with Crippen molar-refractivity contribution >= 4 is 29.0 Å². The van der Waals surface area contributed by atoms with Crippen LogP contribution in [-0.4, -0.2) is 22.7 Å². The molecule has 21 heavy (non-hydrogen) atoms. The van der Waals surface area contributed by atoms with Crippen molar-refractivity contribution in [3.8, 4) is 0 Å². The fourth-order valence-corrected chi connectivity index (χ4v) is 3.19. The SMILES string of the molecule is O=C(O)CC1(CNC(=S)Nc2ccccc2)CCCCC1. The van der Waals surface area contributed by atoms with E-state index in [1.165, 1.54) is 6.42 Å². The number of para-hydroxylation sites is 1. The average Bonchev–Trinajstić information content (AvgIpc) is 2.47. The number of anilines is 1. The van der Waals surface area contributed by atoms with Crippen LogP contribution in [0.4, 0.5) is 5.69 Å². The zero-order chi connectivity index (χ0) is 15.1. The summed E-state index contributed by atoms with van der Waals surface area (Å²) in [5.41, 5.74) is 0.776. The van der Waals surface area contributed by atoms with Gasteiger partial charge in [0.2, 0.25) is 0 Å². The number of carboxylic acids is 1. The van der Waals surface area contributed by atoms with Crippen molar-refractivity contribution in [3.05, 3.63) is 30.3 Å². The zero-order valence-corrected chi connectivity index (χ0v) is 12.9. The summed E-state index contributed by atoms with van der Waals surface area (Å²) in [6.07, 6.45) is 5.55. The third-order valence-electron chi connectivity index (χ3n) is 4.10. The van der Waals surface area contributed by atoms with Crippen LogP contribution >= 0.6 is 12.2 Å². The van der Waals surface area contributed by atoms with Crippen LogP contribution in [-0.2, 0) is 4.79 Å². The fourth-order valence-electron chi connectivity index (χ4n) is 3.00. The molecule has 2 rings (SSSR count). The van der Waals surface area contributed by atoms with E-state index in [4.69, 9.17) is 17.3 Å². The third-order valence-corrected chi connectivity index (χ3v) is 4.34. The van der Waals surface area contributed by atoms with E-state index in [2.05, 4.69) is 10.6 Å². The Morgan fingerprint density at radius 3 is 2.48 bits per heavy atom. The summed E-state index contributed by atoms with van der Waals surface area (Å²) >= 11 is 5.30. The first-order valence-electron chi connectivity index (χ1n) is 7.41. The second kappa shape index (κ2) is 7.41. The quantitative estimate of drug-likeness (QED) is 0.728. The van der Waals surface area contributed by atoms with E-state index in [1.807, 2.05) is 30.3 Å². The number of hydrogen-bond donors (Lipinski definition) is 3. The molecule has 1 aromatic rings. The van der Waals surface area contributed by atoms with Gasteiger partial charge in [-0.15, -0.1) is 0 Å². The molecular formula is C16H22N2O2S. The minimum absolute atomic E-state index is 0.160. The molecule has 1 aliphatic rings. The highest BCUT2D eigenvalue weighted by Gasteiger charge is 2.34. The molecule has 0 bridgehead atoms. The van der Waals surface area contributed by atoms with Gasteiger partial charge in [0.25, 0.3) is 0 Å². The topological polar surface area (TPSA) is 61.4 Å². The normalized spacial score (nSPS) is 17.0. The first-order chi connectivity index (χ1) is 10.1. The van der Waals surface area contributed by atoms with Gasteiger partial charge in [-0.05, 0) is 42.6 Å². The molecule has 0 unspecified atom stereocenters. The molecular weight excluding hydrogens is 284 g/mol. The molecule has 4 nitrogen and oxygen atoms in total. The molecule has 5 heteroatoms. The minimum atomic E-state index is -0.722. The summed E-state index contributed by atoms with van der Waals surface area (Å²) in [5.74, 6) is -0.722. The average molecular weight is 306 g/mol. The van der Waals surface area contributed by atoms with Crippen LogP contribution in [0.2, 0.25) is 0 Å². The molecule has 0 aromatic heterocycles.